The first-order valence-electron chi connectivity index (χ1n) is 9.58. The molecule has 1 saturated heterocycles. The van der Waals surface area contributed by atoms with Gasteiger partial charge in [-0.25, -0.2) is 0 Å². The maximum atomic E-state index is 12.4. The summed E-state index contributed by atoms with van der Waals surface area (Å²) in [5, 5.41) is 52.0. The zero-order chi connectivity index (χ0) is 21.1. The third kappa shape index (κ3) is 5.26. The Morgan fingerprint density at radius 2 is 1.56 bits per heavy atom. The molecule has 158 valence electrons. The highest BCUT2D eigenvalue weighted by molar-refractivity contribution is 5.81. The molecule has 8 heteroatoms. The van der Waals surface area contributed by atoms with Crippen LogP contribution in [0.25, 0.3) is 0 Å². The van der Waals surface area contributed by atoms with Crippen LogP contribution in [0.1, 0.15) is 53.9 Å². The van der Waals surface area contributed by atoms with E-state index in [4.69, 9.17) is 4.74 Å². The first-order valence-corrected chi connectivity index (χ1v) is 9.58. The molecule has 0 aromatic carbocycles. The van der Waals surface area contributed by atoms with Crippen LogP contribution in [0.4, 0.5) is 0 Å². The zero-order valence-electron chi connectivity index (χ0n) is 16.7. The Morgan fingerprint density at radius 1 is 1.00 bits per heavy atom. The van der Waals surface area contributed by atoms with Crippen molar-refractivity contribution in [2.45, 2.75) is 84.1 Å². The van der Waals surface area contributed by atoms with Gasteiger partial charge in [0.05, 0.1) is 18.1 Å². The molecule has 0 radical (unpaired) electrons. The quantitative estimate of drug-likeness (QED) is 0.310. The minimum Gasteiger partial charge on any atom is -0.456 e. The van der Waals surface area contributed by atoms with Crippen molar-refractivity contribution in [3.63, 3.8) is 0 Å². The predicted molar refractivity (Wildman–Crippen MR) is 96.3 cm³/mol. The van der Waals surface area contributed by atoms with Gasteiger partial charge in [0.2, 0.25) is 5.79 Å². The molecule has 1 rings (SSSR count). The molecule has 1 aliphatic rings. The molecule has 0 aliphatic carbocycles. The lowest BCUT2D eigenvalue weighted by Crippen LogP contribution is -2.57. The number of ether oxygens (including phenoxy) is 1. The SMILES string of the molecule is CC[C@@H]1OC(=O)C(C)[C@H](O)[C@@H](C)[C@H](O)C(C)CCC(=O)[C@H](C)[C@@H](O)C1(O)O. The highest BCUT2D eigenvalue weighted by atomic mass is 16.6. The van der Waals surface area contributed by atoms with Gasteiger partial charge in [0.25, 0.3) is 0 Å². The topological polar surface area (TPSA) is 145 Å². The monoisotopic (exact) mass is 390 g/mol. The number of carbonyl (C=O) groups is 2. The van der Waals surface area contributed by atoms with Gasteiger partial charge in [-0.2, -0.15) is 0 Å². The van der Waals surface area contributed by atoms with Crippen LogP contribution in [0.2, 0.25) is 0 Å². The first kappa shape index (κ1) is 24.0. The van der Waals surface area contributed by atoms with Crippen LogP contribution in [0.5, 0.6) is 0 Å². The van der Waals surface area contributed by atoms with Crippen molar-refractivity contribution >= 4 is 11.8 Å². The van der Waals surface area contributed by atoms with Crippen LogP contribution in [0.3, 0.4) is 0 Å². The Balaban J connectivity index is 3.25. The predicted octanol–water partition coefficient (Wildman–Crippen LogP) is -0.0209. The average molecular weight is 390 g/mol. The number of rotatable bonds is 1. The van der Waals surface area contributed by atoms with Crippen molar-refractivity contribution in [3.05, 3.63) is 0 Å². The first-order chi connectivity index (χ1) is 12.4. The number of Topliss-reactive ketones (excluding diaryl/α,β-unsaturated/α-hetero) is 1. The van der Waals surface area contributed by atoms with Gasteiger partial charge in [0.15, 0.2) is 6.10 Å². The molecular weight excluding hydrogens is 356 g/mol. The molecule has 5 N–H and O–H groups in total. The lowest BCUT2D eigenvalue weighted by atomic mass is 9.80. The summed E-state index contributed by atoms with van der Waals surface area (Å²) in [7, 11) is 0. The van der Waals surface area contributed by atoms with Crippen molar-refractivity contribution in [1.82, 2.24) is 0 Å². The molecule has 0 aromatic rings. The van der Waals surface area contributed by atoms with Gasteiger partial charge in [-0.1, -0.05) is 27.7 Å². The van der Waals surface area contributed by atoms with Gasteiger partial charge in [-0.05, 0) is 25.7 Å². The van der Waals surface area contributed by atoms with Crippen LogP contribution >= 0.6 is 0 Å². The van der Waals surface area contributed by atoms with Crippen molar-refractivity contribution in [3.8, 4) is 0 Å². The largest absolute Gasteiger partial charge is 0.456 e. The van der Waals surface area contributed by atoms with Gasteiger partial charge >= 0.3 is 5.97 Å². The molecule has 0 amide bonds. The second-order valence-electron chi connectivity index (χ2n) is 7.96. The summed E-state index contributed by atoms with van der Waals surface area (Å²) in [6.07, 6.45) is -5.19. The van der Waals surface area contributed by atoms with Crippen molar-refractivity contribution in [2.24, 2.45) is 23.7 Å². The lowest BCUT2D eigenvalue weighted by Gasteiger charge is -2.38. The lowest BCUT2D eigenvalue weighted by molar-refractivity contribution is -0.288. The van der Waals surface area contributed by atoms with Crippen LogP contribution < -0.4 is 0 Å². The maximum absolute atomic E-state index is 12.4. The number of esters is 1. The third-order valence-electron chi connectivity index (χ3n) is 5.91. The van der Waals surface area contributed by atoms with E-state index in [0.29, 0.717) is 6.42 Å². The minimum absolute atomic E-state index is 0.0191. The van der Waals surface area contributed by atoms with E-state index in [9.17, 15) is 35.1 Å². The number of cyclic esters (lactones) is 1. The summed E-state index contributed by atoms with van der Waals surface area (Å²) in [5.74, 6) is -7.20. The average Bonchev–Trinajstić information content (AvgIpc) is 2.64. The van der Waals surface area contributed by atoms with E-state index in [0.717, 1.165) is 0 Å². The van der Waals surface area contributed by atoms with Gasteiger partial charge < -0.3 is 30.3 Å². The molecule has 1 aliphatic heterocycles. The summed E-state index contributed by atoms with van der Waals surface area (Å²) in [6.45, 7) is 7.68. The summed E-state index contributed by atoms with van der Waals surface area (Å²) in [6, 6.07) is 0. The molecular formula is C19H34O8. The van der Waals surface area contributed by atoms with Crippen molar-refractivity contribution < 1.29 is 39.9 Å². The van der Waals surface area contributed by atoms with E-state index in [1.54, 1.807) is 13.8 Å². The van der Waals surface area contributed by atoms with Crippen LogP contribution in [0, 0.1) is 23.7 Å². The van der Waals surface area contributed by atoms with Gasteiger partial charge in [0, 0.05) is 18.3 Å². The minimum atomic E-state index is -2.81. The smallest absolute Gasteiger partial charge is 0.311 e. The number of ketones is 1. The molecule has 1 heterocycles. The molecule has 0 aromatic heterocycles. The molecule has 27 heavy (non-hydrogen) atoms. The zero-order valence-corrected chi connectivity index (χ0v) is 16.7. The summed E-state index contributed by atoms with van der Waals surface area (Å²) >= 11 is 0. The Bertz CT molecular complexity index is 520. The van der Waals surface area contributed by atoms with Crippen LogP contribution in [-0.4, -0.2) is 67.5 Å². The number of hydrogen-bond donors (Lipinski definition) is 5. The van der Waals surface area contributed by atoms with Crippen LogP contribution in [0.15, 0.2) is 0 Å². The highest BCUT2D eigenvalue weighted by Gasteiger charge is 2.48. The van der Waals surface area contributed by atoms with E-state index < -0.39 is 59.7 Å². The molecule has 0 spiro atoms. The Hall–Kier alpha value is -1.06. The number of carbonyl (C=O) groups excluding carboxylic acids is 2. The molecule has 0 bridgehead atoms. The molecule has 2 unspecified atom stereocenters. The fraction of sp³-hybridized carbons (Fsp3) is 0.895. The molecule has 8 atom stereocenters. The highest BCUT2D eigenvalue weighted by Crippen LogP contribution is 2.30. The summed E-state index contributed by atoms with van der Waals surface area (Å²) in [5.41, 5.74) is 0. The molecule has 1 fully saturated rings. The normalized spacial score (nSPS) is 42.3. The van der Waals surface area contributed by atoms with E-state index in [2.05, 4.69) is 0 Å². The fourth-order valence-electron chi connectivity index (χ4n) is 3.54. The summed E-state index contributed by atoms with van der Waals surface area (Å²) < 4.78 is 5.15. The maximum Gasteiger partial charge on any atom is 0.311 e. The Kier molecular flexibility index (Phi) is 8.37. The Labute approximate surface area is 160 Å². The van der Waals surface area contributed by atoms with E-state index >= 15 is 0 Å². The molecule has 8 nitrogen and oxygen atoms in total. The number of aliphatic hydroxyl groups is 5. The van der Waals surface area contributed by atoms with Crippen LogP contribution in [-0.2, 0) is 14.3 Å². The van der Waals surface area contributed by atoms with Gasteiger partial charge in [-0.3, -0.25) is 9.59 Å². The van der Waals surface area contributed by atoms with E-state index in [1.807, 2.05) is 0 Å². The molecule has 0 saturated carbocycles. The van der Waals surface area contributed by atoms with E-state index in [1.165, 1.54) is 20.8 Å². The van der Waals surface area contributed by atoms with Gasteiger partial charge in [0.1, 0.15) is 11.9 Å². The van der Waals surface area contributed by atoms with Crippen molar-refractivity contribution in [1.29, 1.82) is 0 Å². The fourth-order valence-corrected chi connectivity index (χ4v) is 3.54. The Morgan fingerprint density at radius 3 is 2.07 bits per heavy atom. The third-order valence-corrected chi connectivity index (χ3v) is 5.91. The number of hydrogen-bond acceptors (Lipinski definition) is 8. The summed E-state index contributed by atoms with van der Waals surface area (Å²) in [4.78, 5) is 24.8. The second-order valence-corrected chi connectivity index (χ2v) is 7.96. The second kappa shape index (κ2) is 9.43. The number of aliphatic hydroxyl groups excluding tert-OH is 3. The van der Waals surface area contributed by atoms with Gasteiger partial charge in [-0.15, -0.1) is 0 Å². The van der Waals surface area contributed by atoms with Crippen molar-refractivity contribution in [2.75, 3.05) is 0 Å². The standard InChI is InChI=1S/C19H34O8/c1-6-14-19(25,26)17(23)10(3)13(20)8-7-9(2)15(21)11(4)16(22)12(5)18(24)27-14/h9-12,14-17,21-23,25-26H,6-8H2,1-5H3/t9?,10-,11-,12?,14-,15+,16+,17+/m0/s1. The van der Waals surface area contributed by atoms with E-state index in [-0.39, 0.29) is 18.8 Å².